The van der Waals surface area contributed by atoms with Crippen molar-refractivity contribution in [1.82, 2.24) is 9.97 Å². The van der Waals surface area contributed by atoms with Gasteiger partial charge in [-0.1, -0.05) is 30.3 Å². The third kappa shape index (κ3) is 3.31. The lowest BCUT2D eigenvalue weighted by Gasteiger charge is -2.16. The summed E-state index contributed by atoms with van der Waals surface area (Å²) >= 11 is 0. The minimum absolute atomic E-state index is 0.0205. The zero-order valence-electron chi connectivity index (χ0n) is 14.9. The van der Waals surface area contributed by atoms with Gasteiger partial charge in [-0.15, -0.1) is 0 Å². The Bertz CT molecular complexity index is 1080. The van der Waals surface area contributed by atoms with Crippen molar-refractivity contribution in [1.29, 1.82) is 0 Å². The molecule has 0 radical (unpaired) electrons. The summed E-state index contributed by atoms with van der Waals surface area (Å²) in [7, 11) is 0. The molecule has 0 atom stereocenters. The molecule has 7 nitrogen and oxygen atoms in total. The number of hydrogen-bond acceptors (Lipinski definition) is 5. The number of nitrogens with zero attached hydrogens (tertiary/aromatic N) is 2. The topological polar surface area (TPSA) is 96.4 Å². The molecular weight excluding hydrogens is 344 g/mol. The molecule has 7 heteroatoms. The van der Waals surface area contributed by atoms with Crippen molar-refractivity contribution in [3.05, 3.63) is 59.2 Å². The number of hydrogen-bond donors (Lipinski definition) is 2. The highest BCUT2D eigenvalue weighted by Crippen LogP contribution is 2.23. The van der Waals surface area contributed by atoms with Crippen LogP contribution in [0.1, 0.15) is 35.3 Å². The van der Waals surface area contributed by atoms with Crippen molar-refractivity contribution in [3.63, 3.8) is 0 Å². The zero-order valence-corrected chi connectivity index (χ0v) is 14.9. The number of aromatic amines is 1. The van der Waals surface area contributed by atoms with E-state index in [9.17, 15) is 9.59 Å². The Morgan fingerprint density at radius 2 is 1.96 bits per heavy atom. The number of H-pyrrole nitrogens is 1. The fourth-order valence-corrected chi connectivity index (χ4v) is 3.06. The molecular formula is C20H18N4O3. The number of aliphatic imine (C=N–C) groups is 1. The van der Waals surface area contributed by atoms with E-state index in [-0.39, 0.29) is 18.4 Å². The number of nitrogens with one attached hydrogen (secondary N) is 2. The summed E-state index contributed by atoms with van der Waals surface area (Å²) in [6.07, 6.45) is -0.776. The Labute approximate surface area is 155 Å². The highest BCUT2D eigenvalue weighted by Gasteiger charge is 2.21. The monoisotopic (exact) mass is 362 g/mol. The van der Waals surface area contributed by atoms with E-state index in [0.29, 0.717) is 17.0 Å². The number of fused-ring (bicyclic) bond motifs is 2. The standard InChI is InChI=1S/C20H18N4O3/c1-11(2)27-20(26)24-19-22-15-8-7-12(9-16(15)23-19)18-14-6-4-3-5-13(14)17(25)10-21-18/h3-9,11H,10H2,1-2H3,(H2,22,23,24,26). The Morgan fingerprint density at radius 3 is 2.74 bits per heavy atom. The van der Waals surface area contributed by atoms with Crippen LogP contribution in [0.4, 0.5) is 10.7 Å². The minimum atomic E-state index is -0.562. The molecule has 1 amide bonds. The molecule has 1 aliphatic heterocycles. The molecule has 0 bridgehead atoms. The molecule has 136 valence electrons. The Morgan fingerprint density at radius 1 is 1.19 bits per heavy atom. The minimum Gasteiger partial charge on any atom is -0.447 e. The Balaban J connectivity index is 1.66. The summed E-state index contributed by atoms with van der Waals surface area (Å²) < 4.78 is 5.06. The van der Waals surface area contributed by atoms with Gasteiger partial charge in [0.15, 0.2) is 5.78 Å². The number of amides is 1. The maximum atomic E-state index is 12.1. The second-order valence-electron chi connectivity index (χ2n) is 6.53. The van der Waals surface area contributed by atoms with Crippen molar-refractivity contribution in [3.8, 4) is 0 Å². The van der Waals surface area contributed by atoms with Gasteiger partial charge in [-0.25, -0.2) is 9.78 Å². The molecule has 27 heavy (non-hydrogen) atoms. The van der Waals surface area contributed by atoms with Gasteiger partial charge in [0.25, 0.3) is 0 Å². The average Bonchev–Trinajstić information content (AvgIpc) is 3.02. The number of imidazole rings is 1. The smallest absolute Gasteiger partial charge is 0.414 e. The summed E-state index contributed by atoms with van der Waals surface area (Å²) in [4.78, 5) is 35.7. The van der Waals surface area contributed by atoms with E-state index in [2.05, 4.69) is 20.3 Å². The van der Waals surface area contributed by atoms with E-state index in [1.165, 1.54) is 0 Å². The number of benzene rings is 2. The third-order valence-electron chi connectivity index (χ3n) is 4.18. The van der Waals surface area contributed by atoms with Crippen LogP contribution in [0.25, 0.3) is 11.0 Å². The van der Waals surface area contributed by atoms with Crippen LogP contribution in [-0.4, -0.2) is 40.2 Å². The number of carbonyl (C=O) groups is 2. The fourth-order valence-electron chi connectivity index (χ4n) is 3.06. The predicted octanol–water partition coefficient (Wildman–Crippen LogP) is 3.55. The molecule has 0 aliphatic carbocycles. The van der Waals surface area contributed by atoms with E-state index < -0.39 is 6.09 Å². The number of anilines is 1. The number of ether oxygens (including phenoxy) is 1. The third-order valence-corrected chi connectivity index (χ3v) is 4.18. The van der Waals surface area contributed by atoms with E-state index in [1.807, 2.05) is 42.5 Å². The van der Waals surface area contributed by atoms with Crippen molar-refractivity contribution >= 4 is 34.6 Å². The molecule has 0 spiro atoms. The quantitative estimate of drug-likeness (QED) is 0.744. The van der Waals surface area contributed by atoms with Crippen molar-refractivity contribution in [2.75, 3.05) is 11.9 Å². The van der Waals surface area contributed by atoms with Gasteiger partial charge in [-0.3, -0.25) is 15.1 Å². The van der Waals surface area contributed by atoms with Gasteiger partial charge in [0.05, 0.1) is 22.8 Å². The van der Waals surface area contributed by atoms with Crippen molar-refractivity contribution < 1.29 is 14.3 Å². The second kappa shape index (κ2) is 6.68. The van der Waals surface area contributed by atoms with Crippen LogP contribution in [-0.2, 0) is 4.74 Å². The summed E-state index contributed by atoms with van der Waals surface area (Å²) in [6.45, 7) is 3.69. The molecule has 3 aromatic rings. The molecule has 4 rings (SSSR count). The lowest BCUT2D eigenvalue weighted by atomic mass is 9.92. The normalized spacial score (nSPS) is 13.4. The summed E-state index contributed by atoms with van der Waals surface area (Å²) in [5.41, 5.74) is 4.62. The molecule has 2 N–H and O–H groups in total. The average molecular weight is 362 g/mol. The first-order valence-electron chi connectivity index (χ1n) is 8.66. The van der Waals surface area contributed by atoms with E-state index >= 15 is 0 Å². The van der Waals surface area contributed by atoms with Gasteiger partial charge < -0.3 is 9.72 Å². The molecule has 2 aromatic carbocycles. The maximum Gasteiger partial charge on any atom is 0.414 e. The SMILES string of the molecule is CC(C)OC(=O)Nc1nc2ccc(C3=NCC(=O)c4ccccc43)cc2[nH]1. The van der Waals surface area contributed by atoms with Crippen LogP contribution in [0.2, 0.25) is 0 Å². The van der Waals surface area contributed by atoms with E-state index in [0.717, 1.165) is 22.4 Å². The zero-order chi connectivity index (χ0) is 19.0. The number of ketones is 1. The summed E-state index contributed by atoms with van der Waals surface area (Å²) in [6, 6.07) is 13.1. The van der Waals surface area contributed by atoms with Gasteiger partial charge in [0, 0.05) is 16.7 Å². The second-order valence-corrected chi connectivity index (χ2v) is 6.53. The van der Waals surface area contributed by atoms with Gasteiger partial charge >= 0.3 is 6.09 Å². The largest absolute Gasteiger partial charge is 0.447 e. The molecule has 0 saturated heterocycles. The van der Waals surface area contributed by atoms with E-state index in [4.69, 9.17) is 4.74 Å². The highest BCUT2D eigenvalue weighted by atomic mass is 16.6. The molecule has 2 heterocycles. The lowest BCUT2D eigenvalue weighted by Crippen LogP contribution is -2.19. The number of aromatic nitrogens is 2. The predicted molar refractivity (Wildman–Crippen MR) is 103 cm³/mol. The van der Waals surface area contributed by atoms with Crippen LogP contribution in [0.3, 0.4) is 0 Å². The number of Topliss-reactive ketones (excluding diaryl/α,β-unsaturated/α-hetero) is 1. The number of carbonyl (C=O) groups excluding carboxylic acids is 2. The van der Waals surface area contributed by atoms with Gasteiger partial charge in [-0.2, -0.15) is 0 Å². The molecule has 0 saturated carbocycles. The van der Waals surface area contributed by atoms with Crippen LogP contribution in [0, 0.1) is 0 Å². The first kappa shape index (κ1) is 17.0. The van der Waals surface area contributed by atoms with Crippen LogP contribution in [0.15, 0.2) is 47.5 Å². The molecule has 1 aromatic heterocycles. The van der Waals surface area contributed by atoms with Crippen LogP contribution >= 0.6 is 0 Å². The highest BCUT2D eigenvalue weighted by molar-refractivity contribution is 6.22. The number of rotatable bonds is 3. The van der Waals surface area contributed by atoms with Crippen molar-refractivity contribution in [2.45, 2.75) is 20.0 Å². The molecule has 0 unspecified atom stereocenters. The van der Waals surface area contributed by atoms with Crippen LogP contribution in [0.5, 0.6) is 0 Å². The summed E-state index contributed by atoms with van der Waals surface area (Å²) in [5, 5.41) is 2.58. The molecule has 1 aliphatic rings. The first-order chi connectivity index (χ1) is 13.0. The maximum absolute atomic E-state index is 12.1. The Kier molecular flexibility index (Phi) is 4.19. The molecule has 0 fully saturated rings. The fraction of sp³-hybridized carbons (Fsp3) is 0.200. The van der Waals surface area contributed by atoms with Gasteiger partial charge in [0.1, 0.15) is 6.54 Å². The van der Waals surface area contributed by atoms with Crippen molar-refractivity contribution in [2.24, 2.45) is 4.99 Å². The van der Waals surface area contributed by atoms with Gasteiger partial charge in [-0.05, 0) is 26.0 Å². The van der Waals surface area contributed by atoms with Crippen LogP contribution < -0.4 is 5.32 Å². The van der Waals surface area contributed by atoms with E-state index in [1.54, 1.807) is 13.8 Å². The first-order valence-corrected chi connectivity index (χ1v) is 8.66. The Hall–Kier alpha value is -3.48. The van der Waals surface area contributed by atoms with Gasteiger partial charge in [0.2, 0.25) is 5.95 Å². The lowest BCUT2D eigenvalue weighted by molar-refractivity contribution is 0.1000. The summed E-state index contributed by atoms with van der Waals surface area (Å²) in [5.74, 6) is 0.334.